The average Bonchev–Trinajstić information content (AvgIpc) is 3.09. The van der Waals surface area contributed by atoms with Crippen molar-refractivity contribution in [3.63, 3.8) is 0 Å². The third kappa shape index (κ3) is 4.38. The van der Waals surface area contributed by atoms with Gasteiger partial charge in [-0.25, -0.2) is 13.4 Å². The summed E-state index contributed by atoms with van der Waals surface area (Å²) < 4.78 is 62.3. The van der Waals surface area contributed by atoms with Crippen LogP contribution in [0.3, 0.4) is 0 Å². The molecular weight excluding hydrogens is 281 g/mol. The molecule has 106 valence electrons. The molecule has 0 bridgehead atoms. The zero-order valence-electron chi connectivity index (χ0n) is 9.94. The number of anilines is 1. The number of alkyl halides is 3. The van der Waals surface area contributed by atoms with Crippen LogP contribution in [0.4, 0.5) is 19.0 Å². The molecule has 0 unspecified atom stereocenters. The summed E-state index contributed by atoms with van der Waals surface area (Å²) in [6.45, 7) is 0. The Morgan fingerprint density at radius 3 is 2.47 bits per heavy atom. The number of aromatic nitrogens is 1. The maximum absolute atomic E-state index is 12.3. The average molecular weight is 294 g/mol. The lowest BCUT2D eigenvalue weighted by atomic mass is 10.3. The number of hydrogen-bond acceptors (Lipinski definition) is 3. The quantitative estimate of drug-likeness (QED) is 0.908. The van der Waals surface area contributed by atoms with Gasteiger partial charge in [0.1, 0.15) is 5.82 Å². The lowest BCUT2D eigenvalue weighted by Gasteiger charge is -2.09. The molecular formula is C11H13F3N2O2S. The Kier molecular flexibility index (Phi) is 3.71. The van der Waals surface area contributed by atoms with Crippen molar-refractivity contribution in [2.75, 3.05) is 10.5 Å². The van der Waals surface area contributed by atoms with Gasteiger partial charge < -0.3 is 0 Å². The van der Waals surface area contributed by atoms with Gasteiger partial charge in [-0.1, -0.05) is 12.8 Å². The maximum atomic E-state index is 12.3. The van der Waals surface area contributed by atoms with E-state index in [4.69, 9.17) is 0 Å². The van der Waals surface area contributed by atoms with E-state index in [2.05, 4.69) is 9.71 Å². The molecule has 0 radical (unpaired) electrons. The molecule has 8 heteroatoms. The summed E-state index contributed by atoms with van der Waals surface area (Å²) in [5.41, 5.74) is -0.909. The first-order valence-corrected chi connectivity index (χ1v) is 7.45. The van der Waals surface area contributed by atoms with Crippen molar-refractivity contribution >= 4 is 15.8 Å². The SMILES string of the molecule is O=S(=O)(CCC1CC1)Nc1ccc(C(F)(F)F)cn1. The van der Waals surface area contributed by atoms with E-state index in [0.717, 1.165) is 25.0 Å². The summed E-state index contributed by atoms with van der Waals surface area (Å²) in [5.74, 6) is 0.348. The minimum absolute atomic E-state index is 0.0274. The highest BCUT2D eigenvalue weighted by atomic mass is 32.2. The highest BCUT2D eigenvalue weighted by Gasteiger charge is 2.31. The van der Waals surface area contributed by atoms with Crippen molar-refractivity contribution in [3.8, 4) is 0 Å². The number of hydrogen-bond donors (Lipinski definition) is 1. The number of nitrogens with zero attached hydrogens (tertiary/aromatic N) is 1. The van der Waals surface area contributed by atoms with Gasteiger partial charge in [-0.3, -0.25) is 4.72 Å². The van der Waals surface area contributed by atoms with Crippen LogP contribution in [0.1, 0.15) is 24.8 Å². The second-order valence-electron chi connectivity index (χ2n) is 4.58. The highest BCUT2D eigenvalue weighted by molar-refractivity contribution is 7.92. The summed E-state index contributed by atoms with van der Waals surface area (Å²) in [5, 5.41) is 0. The first-order chi connectivity index (χ1) is 8.76. The number of halogens is 3. The Bertz CT molecular complexity index is 536. The minimum atomic E-state index is -4.48. The molecule has 0 spiro atoms. The molecule has 4 nitrogen and oxygen atoms in total. The van der Waals surface area contributed by atoms with E-state index >= 15 is 0 Å². The van der Waals surface area contributed by atoms with Crippen molar-refractivity contribution in [3.05, 3.63) is 23.9 Å². The number of sulfonamides is 1. The Hall–Kier alpha value is -1.31. The van der Waals surface area contributed by atoms with E-state index in [9.17, 15) is 21.6 Å². The van der Waals surface area contributed by atoms with E-state index < -0.39 is 21.8 Å². The molecule has 0 amide bonds. The fourth-order valence-electron chi connectivity index (χ4n) is 1.56. The smallest absolute Gasteiger partial charge is 0.267 e. The molecule has 0 atom stereocenters. The van der Waals surface area contributed by atoms with Crippen LogP contribution in [0.2, 0.25) is 0 Å². The monoisotopic (exact) mass is 294 g/mol. The fraction of sp³-hybridized carbons (Fsp3) is 0.545. The largest absolute Gasteiger partial charge is 0.417 e. The number of rotatable bonds is 5. The summed E-state index contributed by atoms with van der Waals surface area (Å²) in [4.78, 5) is 3.46. The van der Waals surface area contributed by atoms with E-state index in [1.54, 1.807) is 0 Å². The lowest BCUT2D eigenvalue weighted by Crippen LogP contribution is -2.18. The molecule has 1 N–H and O–H groups in total. The van der Waals surface area contributed by atoms with Gasteiger partial charge in [-0.05, 0) is 24.5 Å². The molecule has 1 aliphatic rings. The van der Waals surface area contributed by atoms with E-state index in [1.807, 2.05) is 0 Å². The van der Waals surface area contributed by atoms with E-state index in [0.29, 0.717) is 18.5 Å². The normalized spacial score (nSPS) is 16.4. The van der Waals surface area contributed by atoms with Crippen molar-refractivity contribution in [1.82, 2.24) is 4.98 Å². The predicted molar refractivity (Wildman–Crippen MR) is 64.0 cm³/mol. The first-order valence-electron chi connectivity index (χ1n) is 5.80. The van der Waals surface area contributed by atoms with Gasteiger partial charge in [0.15, 0.2) is 0 Å². The number of nitrogens with one attached hydrogen (secondary N) is 1. The Morgan fingerprint density at radius 2 is 2.00 bits per heavy atom. The third-order valence-corrected chi connectivity index (χ3v) is 4.14. The summed E-state index contributed by atoms with van der Waals surface area (Å²) >= 11 is 0. The molecule has 19 heavy (non-hydrogen) atoms. The molecule has 1 aromatic heterocycles. The predicted octanol–water partition coefficient (Wildman–Crippen LogP) is 2.64. The highest BCUT2D eigenvalue weighted by Crippen LogP contribution is 2.33. The van der Waals surface area contributed by atoms with Gasteiger partial charge in [0, 0.05) is 6.20 Å². The molecule has 1 aromatic rings. The molecule has 2 rings (SSSR count). The minimum Gasteiger partial charge on any atom is -0.267 e. The zero-order valence-corrected chi connectivity index (χ0v) is 10.8. The van der Waals surface area contributed by atoms with Gasteiger partial charge >= 0.3 is 6.18 Å². The van der Waals surface area contributed by atoms with Gasteiger partial charge in [0.05, 0.1) is 11.3 Å². The topological polar surface area (TPSA) is 59.1 Å². The molecule has 1 aliphatic carbocycles. The summed E-state index contributed by atoms with van der Waals surface area (Å²) in [6.07, 6.45) is -1.19. The molecule has 1 saturated carbocycles. The van der Waals surface area contributed by atoms with E-state index in [-0.39, 0.29) is 11.6 Å². The standard InChI is InChI=1S/C11H13F3N2O2S/c12-11(13,14)9-3-4-10(15-7-9)16-19(17,18)6-5-8-1-2-8/h3-4,7-8H,1-2,5-6H2,(H,15,16). The second-order valence-corrected chi connectivity index (χ2v) is 6.42. The zero-order chi connectivity index (χ0) is 14.1. The van der Waals surface area contributed by atoms with Crippen LogP contribution in [-0.2, 0) is 16.2 Å². The van der Waals surface area contributed by atoms with Crippen LogP contribution in [0.25, 0.3) is 0 Å². The van der Waals surface area contributed by atoms with Crippen molar-refractivity contribution in [2.45, 2.75) is 25.4 Å². The molecule has 0 aliphatic heterocycles. The van der Waals surface area contributed by atoms with Gasteiger partial charge in [-0.15, -0.1) is 0 Å². The third-order valence-electron chi connectivity index (χ3n) is 2.84. The van der Waals surface area contributed by atoms with Crippen LogP contribution >= 0.6 is 0 Å². The Morgan fingerprint density at radius 1 is 1.32 bits per heavy atom. The van der Waals surface area contributed by atoms with Gasteiger partial charge in [0.25, 0.3) is 0 Å². The van der Waals surface area contributed by atoms with Gasteiger partial charge in [0.2, 0.25) is 10.0 Å². The molecule has 0 saturated heterocycles. The van der Waals surface area contributed by atoms with Crippen LogP contribution in [0.15, 0.2) is 18.3 Å². The van der Waals surface area contributed by atoms with E-state index in [1.165, 1.54) is 0 Å². The van der Waals surface area contributed by atoms with Crippen molar-refractivity contribution < 1.29 is 21.6 Å². The molecule has 1 fully saturated rings. The second kappa shape index (κ2) is 4.99. The van der Waals surface area contributed by atoms with Crippen LogP contribution < -0.4 is 4.72 Å². The first kappa shape index (κ1) is 14.1. The molecule has 1 heterocycles. The lowest BCUT2D eigenvalue weighted by molar-refractivity contribution is -0.137. The summed E-state index contributed by atoms with van der Waals surface area (Å²) in [6, 6.07) is 1.81. The Balaban J connectivity index is 1.98. The maximum Gasteiger partial charge on any atom is 0.417 e. The van der Waals surface area contributed by atoms with Crippen molar-refractivity contribution in [1.29, 1.82) is 0 Å². The van der Waals surface area contributed by atoms with Crippen molar-refractivity contribution in [2.24, 2.45) is 5.92 Å². The Labute approximate surface area is 109 Å². The van der Waals surface area contributed by atoms with Crippen LogP contribution in [-0.4, -0.2) is 19.2 Å². The number of pyridine rings is 1. The fourth-order valence-corrected chi connectivity index (χ4v) is 2.75. The van der Waals surface area contributed by atoms with Crippen LogP contribution in [0, 0.1) is 5.92 Å². The van der Waals surface area contributed by atoms with Gasteiger partial charge in [-0.2, -0.15) is 13.2 Å². The summed E-state index contributed by atoms with van der Waals surface area (Å²) in [7, 11) is -3.53. The molecule has 0 aromatic carbocycles. The van der Waals surface area contributed by atoms with Crippen LogP contribution in [0.5, 0.6) is 0 Å².